The van der Waals surface area contributed by atoms with Crippen molar-refractivity contribution in [3.05, 3.63) is 12.2 Å². The smallest absolute Gasteiger partial charge is 0.307 e. The second-order valence-electron chi connectivity index (χ2n) is 4.41. The Hall–Kier alpha value is -1.32. The van der Waals surface area contributed by atoms with Gasteiger partial charge in [-0.05, 0) is 26.2 Å². The number of hydrogen-bond acceptors (Lipinski definition) is 2. The quantitative estimate of drug-likeness (QED) is 0.746. The van der Waals surface area contributed by atoms with Crippen LogP contribution in [-0.2, 0) is 9.59 Å². The Labute approximate surface area is 102 Å². The van der Waals surface area contributed by atoms with Gasteiger partial charge in [0.2, 0.25) is 5.91 Å². The van der Waals surface area contributed by atoms with Gasteiger partial charge in [-0.1, -0.05) is 19.1 Å². The third-order valence-electron chi connectivity index (χ3n) is 3.25. The van der Waals surface area contributed by atoms with Gasteiger partial charge in [0.1, 0.15) is 0 Å². The van der Waals surface area contributed by atoms with E-state index >= 15 is 0 Å². The van der Waals surface area contributed by atoms with Crippen molar-refractivity contribution in [1.82, 2.24) is 4.90 Å². The second kappa shape index (κ2) is 6.42. The van der Waals surface area contributed by atoms with Crippen molar-refractivity contribution in [1.29, 1.82) is 0 Å². The number of rotatable bonds is 5. The first-order chi connectivity index (χ1) is 8.11. The molecule has 0 aromatic rings. The Morgan fingerprint density at radius 2 is 1.82 bits per heavy atom. The SMILES string of the molecule is CCCN(CC)C(=O)[C@@H]1CC=CC[C@@H]1C(=O)O. The van der Waals surface area contributed by atoms with Gasteiger partial charge in [0.25, 0.3) is 0 Å². The number of allylic oxidation sites excluding steroid dienone is 2. The first kappa shape index (κ1) is 13.7. The van der Waals surface area contributed by atoms with Gasteiger partial charge in [0.15, 0.2) is 0 Å². The van der Waals surface area contributed by atoms with Crippen LogP contribution in [0.15, 0.2) is 12.2 Å². The van der Waals surface area contributed by atoms with Crippen molar-refractivity contribution in [3.63, 3.8) is 0 Å². The molecule has 0 aromatic heterocycles. The summed E-state index contributed by atoms with van der Waals surface area (Å²) in [6.45, 7) is 5.31. The third kappa shape index (κ3) is 3.32. The highest BCUT2D eigenvalue weighted by molar-refractivity contribution is 5.85. The van der Waals surface area contributed by atoms with E-state index in [0.29, 0.717) is 25.9 Å². The maximum atomic E-state index is 12.3. The van der Waals surface area contributed by atoms with Crippen LogP contribution in [0.1, 0.15) is 33.1 Å². The first-order valence-corrected chi connectivity index (χ1v) is 6.28. The number of carbonyl (C=O) groups excluding carboxylic acids is 1. The van der Waals surface area contributed by atoms with Crippen molar-refractivity contribution in [2.75, 3.05) is 13.1 Å². The lowest BCUT2D eigenvalue weighted by Crippen LogP contribution is -2.42. The van der Waals surface area contributed by atoms with Crippen LogP contribution in [0.25, 0.3) is 0 Å². The van der Waals surface area contributed by atoms with Crippen molar-refractivity contribution in [2.45, 2.75) is 33.1 Å². The predicted octanol–water partition coefficient (Wildman–Crippen LogP) is 1.91. The molecule has 17 heavy (non-hydrogen) atoms. The standard InChI is InChI=1S/C13H21NO3/c1-3-9-14(4-2)12(15)10-7-5-6-8-11(10)13(16)17/h5-6,10-11H,3-4,7-9H2,1-2H3,(H,16,17)/t10-,11+/m1/s1. The van der Waals surface area contributed by atoms with Crippen molar-refractivity contribution in [2.24, 2.45) is 11.8 Å². The van der Waals surface area contributed by atoms with Crippen LogP contribution >= 0.6 is 0 Å². The predicted molar refractivity (Wildman–Crippen MR) is 65.5 cm³/mol. The molecule has 0 aromatic carbocycles. The molecule has 0 saturated carbocycles. The fraction of sp³-hybridized carbons (Fsp3) is 0.692. The van der Waals surface area contributed by atoms with Crippen molar-refractivity contribution in [3.8, 4) is 0 Å². The highest BCUT2D eigenvalue weighted by Crippen LogP contribution is 2.27. The van der Waals surface area contributed by atoms with E-state index in [4.69, 9.17) is 5.11 Å². The minimum atomic E-state index is -0.861. The molecule has 0 radical (unpaired) electrons. The highest BCUT2D eigenvalue weighted by Gasteiger charge is 2.35. The highest BCUT2D eigenvalue weighted by atomic mass is 16.4. The fourth-order valence-corrected chi connectivity index (χ4v) is 2.29. The summed E-state index contributed by atoms with van der Waals surface area (Å²) in [5, 5.41) is 9.14. The zero-order valence-corrected chi connectivity index (χ0v) is 10.6. The number of nitrogens with zero attached hydrogens (tertiary/aromatic N) is 1. The molecule has 0 unspecified atom stereocenters. The Morgan fingerprint density at radius 1 is 1.24 bits per heavy atom. The lowest BCUT2D eigenvalue weighted by atomic mass is 9.82. The monoisotopic (exact) mass is 239 g/mol. The van der Waals surface area contributed by atoms with Crippen molar-refractivity contribution < 1.29 is 14.7 Å². The van der Waals surface area contributed by atoms with Gasteiger partial charge >= 0.3 is 5.97 Å². The largest absolute Gasteiger partial charge is 0.481 e. The zero-order chi connectivity index (χ0) is 12.8. The summed E-state index contributed by atoms with van der Waals surface area (Å²) >= 11 is 0. The van der Waals surface area contributed by atoms with Crippen LogP contribution < -0.4 is 0 Å². The molecule has 1 amide bonds. The van der Waals surface area contributed by atoms with E-state index in [1.165, 1.54) is 0 Å². The first-order valence-electron chi connectivity index (χ1n) is 6.28. The summed E-state index contributed by atoms with van der Waals surface area (Å²) in [5.74, 6) is -1.81. The topological polar surface area (TPSA) is 57.6 Å². The Bertz CT molecular complexity index is 312. The normalized spacial score (nSPS) is 23.4. The average molecular weight is 239 g/mol. The molecule has 4 heteroatoms. The molecule has 0 fully saturated rings. The van der Waals surface area contributed by atoms with Gasteiger partial charge in [-0.25, -0.2) is 0 Å². The molecule has 0 saturated heterocycles. The number of carboxylic acids is 1. The summed E-state index contributed by atoms with van der Waals surface area (Å²) < 4.78 is 0. The fourth-order valence-electron chi connectivity index (χ4n) is 2.29. The molecule has 2 atom stereocenters. The molecule has 1 N–H and O–H groups in total. The Balaban J connectivity index is 2.77. The number of carboxylic acid groups (broad SMARTS) is 1. The van der Waals surface area contributed by atoms with E-state index in [-0.39, 0.29) is 11.8 Å². The van der Waals surface area contributed by atoms with Gasteiger partial charge in [0, 0.05) is 13.1 Å². The van der Waals surface area contributed by atoms with Crippen LogP contribution in [0.3, 0.4) is 0 Å². The molecule has 96 valence electrons. The summed E-state index contributed by atoms with van der Waals surface area (Å²) in [5.41, 5.74) is 0. The third-order valence-corrected chi connectivity index (χ3v) is 3.25. The van der Waals surface area contributed by atoms with Crippen LogP contribution in [-0.4, -0.2) is 35.0 Å². The van der Waals surface area contributed by atoms with E-state index in [0.717, 1.165) is 6.42 Å². The van der Waals surface area contributed by atoms with Gasteiger partial charge in [-0.2, -0.15) is 0 Å². The Kier molecular flexibility index (Phi) is 5.19. The van der Waals surface area contributed by atoms with E-state index in [9.17, 15) is 9.59 Å². The zero-order valence-electron chi connectivity index (χ0n) is 10.6. The van der Waals surface area contributed by atoms with Gasteiger partial charge in [-0.15, -0.1) is 0 Å². The van der Waals surface area contributed by atoms with E-state index in [1.807, 2.05) is 26.0 Å². The number of aliphatic carboxylic acids is 1. The summed E-state index contributed by atoms with van der Waals surface area (Å²) in [4.78, 5) is 25.2. The van der Waals surface area contributed by atoms with E-state index in [1.54, 1.807) is 4.90 Å². The van der Waals surface area contributed by atoms with E-state index < -0.39 is 11.9 Å². The van der Waals surface area contributed by atoms with Crippen LogP contribution in [0.5, 0.6) is 0 Å². The van der Waals surface area contributed by atoms with Crippen LogP contribution in [0, 0.1) is 11.8 Å². The molecule has 1 aliphatic rings. The number of hydrogen-bond donors (Lipinski definition) is 1. The molecular formula is C13H21NO3. The lowest BCUT2D eigenvalue weighted by molar-refractivity contribution is -0.150. The second-order valence-corrected chi connectivity index (χ2v) is 4.41. The molecule has 0 spiro atoms. The minimum absolute atomic E-state index is 0.00824. The molecule has 0 heterocycles. The molecule has 1 aliphatic carbocycles. The van der Waals surface area contributed by atoms with Crippen LogP contribution in [0.2, 0.25) is 0 Å². The lowest BCUT2D eigenvalue weighted by Gasteiger charge is -2.30. The van der Waals surface area contributed by atoms with E-state index in [2.05, 4.69) is 0 Å². The number of amides is 1. The van der Waals surface area contributed by atoms with Crippen molar-refractivity contribution >= 4 is 11.9 Å². The summed E-state index contributed by atoms with van der Waals surface area (Å²) in [6.07, 6.45) is 5.70. The van der Waals surface area contributed by atoms with Gasteiger partial charge in [-0.3, -0.25) is 9.59 Å². The number of carbonyl (C=O) groups is 2. The van der Waals surface area contributed by atoms with Gasteiger partial charge in [0.05, 0.1) is 11.8 Å². The maximum Gasteiger partial charge on any atom is 0.307 e. The molecule has 4 nitrogen and oxygen atoms in total. The summed E-state index contributed by atoms with van der Waals surface area (Å²) in [7, 11) is 0. The average Bonchev–Trinajstić information content (AvgIpc) is 2.35. The van der Waals surface area contributed by atoms with Crippen LogP contribution in [0.4, 0.5) is 0 Å². The Morgan fingerprint density at radius 3 is 2.29 bits per heavy atom. The molecule has 1 rings (SSSR count). The molecule has 0 aliphatic heterocycles. The minimum Gasteiger partial charge on any atom is -0.481 e. The molecule has 0 bridgehead atoms. The molecular weight excluding hydrogens is 218 g/mol. The maximum absolute atomic E-state index is 12.3. The van der Waals surface area contributed by atoms with Gasteiger partial charge < -0.3 is 10.0 Å². The summed E-state index contributed by atoms with van der Waals surface area (Å²) in [6, 6.07) is 0.